The Labute approximate surface area is 152 Å². The van der Waals surface area contributed by atoms with Crippen LogP contribution in [0.1, 0.15) is 30.1 Å². The second kappa shape index (κ2) is 7.43. The lowest BCUT2D eigenvalue weighted by molar-refractivity contribution is 0.498. The van der Waals surface area contributed by atoms with Crippen LogP contribution in [0.2, 0.25) is 0 Å². The summed E-state index contributed by atoms with van der Waals surface area (Å²) in [5, 5.41) is 3.34. The Balaban J connectivity index is 1.57. The summed E-state index contributed by atoms with van der Waals surface area (Å²) in [6.45, 7) is 3.84. The monoisotopic (exact) mass is 347 g/mol. The quantitative estimate of drug-likeness (QED) is 0.777. The second-order valence-corrected chi connectivity index (χ2v) is 6.43. The number of hydrogen-bond donors (Lipinski definition) is 1. The molecule has 132 valence electrons. The molecule has 0 amide bonds. The Morgan fingerprint density at radius 3 is 2.85 bits per heavy atom. The van der Waals surface area contributed by atoms with Crippen molar-refractivity contribution in [2.24, 2.45) is 0 Å². The molecule has 3 aromatic rings. The van der Waals surface area contributed by atoms with E-state index in [9.17, 15) is 0 Å². The molecule has 1 N–H and O–H groups in total. The van der Waals surface area contributed by atoms with Crippen LogP contribution in [0.25, 0.3) is 0 Å². The number of pyridine rings is 1. The van der Waals surface area contributed by atoms with Gasteiger partial charge in [0, 0.05) is 43.3 Å². The lowest BCUT2D eigenvalue weighted by Gasteiger charge is -2.33. The first kappa shape index (κ1) is 16.4. The summed E-state index contributed by atoms with van der Waals surface area (Å²) in [7, 11) is 0. The van der Waals surface area contributed by atoms with E-state index in [1.807, 2.05) is 31.2 Å². The van der Waals surface area contributed by atoms with Crippen LogP contribution >= 0.6 is 0 Å². The van der Waals surface area contributed by atoms with E-state index in [1.165, 1.54) is 0 Å². The number of nitrogens with one attached hydrogen (secondary N) is 1. The minimum Gasteiger partial charge on any atom is -0.356 e. The van der Waals surface area contributed by atoms with Gasteiger partial charge in [-0.05, 0) is 38.0 Å². The van der Waals surface area contributed by atoms with Gasteiger partial charge in [0.2, 0.25) is 0 Å². The van der Waals surface area contributed by atoms with Crippen molar-refractivity contribution in [3.05, 3.63) is 60.6 Å². The predicted molar refractivity (Wildman–Crippen MR) is 101 cm³/mol. The first-order valence-electron chi connectivity index (χ1n) is 8.82. The van der Waals surface area contributed by atoms with Crippen LogP contribution < -0.4 is 10.2 Å². The highest BCUT2D eigenvalue weighted by atomic mass is 15.2. The number of piperidine rings is 1. The van der Waals surface area contributed by atoms with Crippen LogP contribution in [0.3, 0.4) is 0 Å². The first-order valence-corrected chi connectivity index (χ1v) is 8.82. The second-order valence-electron chi connectivity index (χ2n) is 6.43. The minimum atomic E-state index is 0.291. The molecule has 26 heavy (non-hydrogen) atoms. The largest absolute Gasteiger partial charge is 0.356 e. The van der Waals surface area contributed by atoms with Crippen LogP contribution in [0.5, 0.6) is 0 Å². The van der Waals surface area contributed by atoms with Gasteiger partial charge < -0.3 is 10.2 Å². The van der Waals surface area contributed by atoms with Crippen molar-refractivity contribution in [2.75, 3.05) is 23.3 Å². The Kier molecular flexibility index (Phi) is 4.68. The summed E-state index contributed by atoms with van der Waals surface area (Å²) in [6.07, 6.45) is 9.02. The number of aryl methyl sites for hydroxylation is 1. The Morgan fingerprint density at radius 2 is 2.00 bits per heavy atom. The average Bonchev–Trinajstić information content (AvgIpc) is 2.69. The van der Waals surface area contributed by atoms with Crippen molar-refractivity contribution in [1.82, 2.24) is 24.9 Å². The third-order valence-electron chi connectivity index (χ3n) is 4.56. The van der Waals surface area contributed by atoms with Gasteiger partial charge in [-0.1, -0.05) is 6.07 Å². The molecule has 1 fully saturated rings. The maximum Gasteiger partial charge on any atom is 0.153 e. The zero-order valence-corrected chi connectivity index (χ0v) is 14.7. The fourth-order valence-corrected chi connectivity index (χ4v) is 3.36. The summed E-state index contributed by atoms with van der Waals surface area (Å²) < 4.78 is 0. The molecule has 7 nitrogen and oxygen atoms in total. The van der Waals surface area contributed by atoms with Gasteiger partial charge in [0.1, 0.15) is 18.0 Å². The highest BCUT2D eigenvalue weighted by Crippen LogP contribution is 2.31. The predicted octanol–water partition coefficient (Wildman–Crippen LogP) is 3.10. The van der Waals surface area contributed by atoms with Crippen LogP contribution in [-0.4, -0.2) is 38.0 Å². The zero-order chi connectivity index (χ0) is 17.8. The summed E-state index contributed by atoms with van der Waals surface area (Å²) in [5.41, 5.74) is 1.95. The van der Waals surface area contributed by atoms with Gasteiger partial charge in [-0.3, -0.25) is 4.98 Å². The first-order chi connectivity index (χ1) is 12.8. The Hall–Kier alpha value is -3.09. The molecule has 3 aromatic heterocycles. The fourth-order valence-electron chi connectivity index (χ4n) is 3.36. The number of anilines is 3. The van der Waals surface area contributed by atoms with E-state index in [0.29, 0.717) is 5.92 Å². The van der Waals surface area contributed by atoms with Crippen LogP contribution in [0.15, 0.2) is 49.2 Å². The molecular weight excluding hydrogens is 326 g/mol. The third kappa shape index (κ3) is 3.61. The molecule has 1 aliphatic rings. The molecule has 1 saturated heterocycles. The normalized spacial score (nSPS) is 17.1. The van der Waals surface area contributed by atoms with Crippen molar-refractivity contribution >= 4 is 17.5 Å². The van der Waals surface area contributed by atoms with Crippen molar-refractivity contribution in [1.29, 1.82) is 0 Å². The summed E-state index contributed by atoms with van der Waals surface area (Å²) in [5.74, 6) is 2.82. The molecule has 7 heteroatoms. The number of rotatable bonds is 4. The molecular formula is C19H21N7. The van der Waals surface area contributed by atoms with Crippen LogP contribution in [0, 0.1) is 6.92 Å². The molecule has 0 bridgehead atoms. The van der Waals surface area contributed by atoms with E-state index >= 15 is 0 Å². The topological polar surface area (TPSA) is 79.7 Å². The molecule has 0 unspecified atom stereocenters. The summed E-state index contributed by atoms with van der Waals surface area (Å²) >= 11 is 0. The fraction of sp³-hybridized carbons (Fsp3) is 0.316. The van der Waals surface area contributed by atoms with Crippen molar-refractivity contribution in [3.63, 3.8) is 0 Å². The molecule has 0 radical (unpaired) electrons. The van der Waals surface area contributed by atoms with E-state index in [1.54, 1.807) is 24.9 Å². The lowest BCUT2D eigenvalue weighted by atomic mass is 9.94. The van der Waals surface area contributed by atoms with Gasteiger partial charge in [-0.2, -0.15) is 0 Å². The van der Waals surface area contributed by atoms with Gasteiger partial charge in [0.05, 0.1) is 5.69 Å². The van der Waals surface area contributed by atoms with Crippen LogP contribution in [-0.2, 0) is 0 Å². The number of hydrogen-bond acceptors (Lipinski definition) is 7. The van der Waals surface area contributed by atoms with Gasteiger partial charge in [-0.15, -0.1) is 0 Å². The Bertz CT molecular complexity index is 869. The maximum absolute atomic E-state index is 4.64. The average molecular weight is 347 g/mol. The zero-order valence-electron chi connectivity index (χ0n) is 14.7. The van der Waals surface area contributed by atoms with E-state index < -0.39 is 0 Å². The van der Waals surface area contributed by atoms with Gasteiger partial charge in [0.15, 0.2) is 5.82 Å². The molecule has 4 rings (SSSR count). The highest BCUT2D eigenvalue weighted by Gasteiger charge is 2.26. The smallest absolute Gasteiger partial charge is 0.153 e. The molecule has 4 heterocycles. The van der Waals surface area contributed by atoms with E-state index in [0.717, 1.165) is 54.8 Å². The van der Waals surface area contributed by atoms with Gasteiger partial charge in [0.25, 0.3) is 0 Å². The minimum absolute atomic E-state index is 0.291. The third-order valence-corrected chi connectivity index (χ3v) is 4.56. The molecule has 1 aliphatic heterocycles. The number of nitrogens with zero attached hydrogens (tertiary/aromatic N) is 6. The lowest BCUT2D eigenvalue weighted by Crippen LogP contribution is -2.35. The standard InChI is InChI=1S/C19H21N7/c1-14-4-2-6-16(24-14)25-19-18(21-9-10-22-19)15-5-3-11-26(12-15)17-7-8-20-13-23-17/h2,4,6-10,13,15H,3,5,11-12H2,1H3,(H,22,24,25)/t15-/m0/s1. The Morgan fingerprint density at radius 1 is 1.08 bits per heavy atom. The van der Waals surface area contributed by atoms with Crippen molar-refractivity contribution < 1.29 is 0 Å². The van der Waals surface area contributed by atoms with Crippen LogP contribution in [0.4, 0.5) is 17.5 Å². The summed E-state index contributed by atoms with van der Waals surface area (Å²) in [6, 6.07) is 7.86. The van der Waals surface area contributed by atoms with Gasteiger partial charge in [-0.25, -0.2) is 19.9 Å². The SMILES string of the molecule is Cc1cccc(Nc2nccnc2[C@H]2CCCN(c3ccncn3)C2)n1. The maximum atomic E-state index is 4.64. The number of aromatic nitrogens is 5. The van der Waals surface area contributed by atoms with E-state index in [2.05, 4.69) is 35.1 Å². The van der Waals surface area contributed by atoms with Gasteiger partial charge >= 0.3 is 0 Å². The van der Waals surface area contributed by atoms with E-state index in [-0.39, 0.29) is 0 Å². The molecule has 0 aliphatic carbocycles. The molecule has 1 atom stereocenters. The molecule has 0 aromatic carbocycles. The van der Waals surface area contributed by atoms with Crippen molar-refractivity contribution in [3.8, 4) is 0 Å². The highest BCUT2D eigenvalue weighted by molar-refractivity contribution is 5.55. The summed E-state index contributed by atoms with van der Waals surface area (Å²) in [4.78, 5) is 24.3. The van der Waals surface area contributed by atoms with E-state index in [4.69, 9.17) is 0 Å². The van der Waals surface area contributed by atoms with Crippen molar-refractivity contribution in [2.45, 2.75) is 25.7 Å². The molecule has 0 spiro atoms. The molecule has 0 saturated carbocycles.